The fourth-order valence-electron chi connectivity index (χ4n) is 7.51. The van der Waals surface area contributed by atoms with E-state index in [4.69, 9.17) is 0 Å². The highest BCUT2D eigenvalue weighted by atomic mass is 16.3. The van der Waals surface area contributed by atoms with Crippen molar-refractivity contribution in [1.29, 1.82) is 0 Å². The SMILES string of the molecule is CN1C(=CC2=C(O)C(=CC3N(C)c4ccc5ccccc5c4C3(C)C)C2=O)C(C)(C)c2c1ccc1ccccc21. The average molecular weight is 527 g/mol. The van der Waals surface area contributed by atoms with Gasteiger partial charge in [-0.3, -0.25) is 4.79 Å². The van der Waals surface area contributed by atoms with Crippen molar-refractivity contribution in [3.63, 3.8) is 0 Å². The highest BCUT2D eigenvalue weighted by molar-refractivity contribution is 6.21. The molecule has 0 saturated carbocycles. The zero-order valence-electron chi connectivity index (χ0n) is 23.9. The first-order chi connectivity index (χ1) is 19.0. The molecule has 2 heterocycles. The van der Waals surface area contributed by atoms with Gasteiger partial charge in [0.05, 0.1) is 17.2 Å². The molecule has 1 aliphatic carbocycles. The van der Waals surface area contributed by atoms with Gasteiger partial charge in [-0.2, -0.15) is 0 Å². The Morgan fingerprint density at radius 1 is 0.775 bits per heavy atom. The zero-order chi connectivity index (χ0) is 28.1. The Hall–Kier alpha value is -4.31. The van der Waals surface area contributed by atoms with E-state index in [1.807, 2.05) is 19.2 Å². The minimum atomic E-state index is -0.325. The number of anilines is 2. The van der Waals surface area contributed by atoms with Crippen LogP contribution in [0.5, 0.6) is 0 Å². The third-order valence-corrected chi connectivity index (χ3v) is 9.59. The fourth-order valence-corrected chi connectivity index (χ4v) is 7.51. The number of fused-ring (bicyclic) bond motifs is 6. The van der Waals surface area contributed by atoms with Gasteiger partial charge >= 0.3 is 0 Å². The molecule has 4 nitrogen and oxygen atoms in total. The monoisotopic (exact) mass is 526 g/mol. The molecule has 40 heavy (non-hydrogen) atoms. The van der Waals surface area contributed by atoms with Crippen molar-refractivity contribution in [2.45, 2.75) is 44.6 Å². The Bertz CT molecular complexity index is 1870. The summed E-state index contributed by atoms with van der Waals surface area (Å²) in [5.41, 5.74) is 6.07. The predicted octanol–water partition coefficient (Wildman–Crippen LogP) is 7.72. The minimum absolute atomic E-state index is 0.0650. The molecule has 200 valence electrons. The summed E-state index contributed by atoms with van der Waals surface area (Å²) in [5.74, 6) is -0.00689. The van der Waals surface area contributed by atoms with Crippen LogP contribution in [-0.4, -0.2) is 31.0 Å². The van der Waals surface area contributed by atoms with Gasteiger partial charge in [0, 0.05) is 42.0 Å². The van der Waals surface area contributed by atoms with E-state index in [1.54, 1.807) is 0 Å². The summed E-state index contributed by atoms with van der Waals surface area (Å²) < 4.78 is 0. The molecule has 0 radical (unpaired) electrons. The van der Waals surface area contributed by atoms with Crippen molar-refractivity contribution < 1.29 is 9.90 Å². The van der Waals surface area contributed by atoms with Crippen LogP contribution < -0.4 is 9.80 Å². The maximum Gasteiger partial charge on any atom is 0.200 e. The highest BCUT2D eigenvalue weighted by Crippen LogP contribution is 2.52. The Morgan fingerprint density at radius 3 is 1.98 bits per heavy atom. The summed E-state index contributed by atoms with van der Waals surface area (Å²) >= 11 is 0. The molecule has 3 aliphatic rings. The van der Waals surface area contributed by atoms with Gasteiger partial charge < -0.3 is 14.9 Å². The van der Waals surface area contributed by atoms with Crippen LogP contribution in [0.1, 0.15) is 38.8 Å². The highest BCUT2D eigenvalue weighted by Gasteiger charge is 2.46. The van der Waals surface area contributed by atoms with Crippen molar-refractivity contribution in [2.75, 3.05) is 23.9 Å². The Morgan fingerprint density at radius 2 is 1.35 bits per heavy atom. The predicted molar refractivity (Wildman–Crippen MR) is 165 cm³/mol. The number of carbonyl (C=O) groups is 1. The molecule has 1 atom stereocenters. The smallest absolute Gasteiger partial charge is 0.200 e. The minimum Gasteiger partial charge on any atom is -0.506 e. The third kappa shape index (κ3) is 3.10. The number of benzene rings is 4. The van der Waals surface area contributed by atoms with E-state index in [0.717, 1.165) is 11.4 Å². The zero-order valence-corrected chi connectivity index (χ0v) is 23.9. The molecule has 4 aromatic rings. The Kier molecular flexibility index (Phi) is 5.01. The number of allylic oxidation sites excluding steroid dienone is 4. The summed E-state index contributed by atoms with van der Waals surface area (Å²) in [4.78, 5) is 18.0. The number of hydrogen-bond acceptors (Lipinski definition) is 4. The molecule has 4 heteroatoms. The Labute approximate surface area is 235 Å². The normalized spacial score (nSPS) is 22.9. The van der Waals surface area contributed by atoms with Crippen molar-refractivity contribution in [2.24, 2.45) is 0 Å². The van der Waals surface area contributed by atoms with Crippen molar-refractivity contribution in [1.82, 2.24) is 0 Å². The second kappa shape index (κ2) is 8.11. The number of Topliss-reactive ketones (excluding diaryl/α,β-unsaturated/α-hetero) is 1. The first-order valence-corrected chi connectivity index (χ1v) is 14.0. The number of ketones is 1. The van der Waals surface area contributed by atoms with E-state index < -0.39 is 0 Å². The summed E-state index contributed by atoms with van der Waals surface area (Å²) in [6.45, 7) is 8.85. The molecule has 0 spiro atoms. The second-order valence-corrected chi connectivity index (χ2v) is 12.5. The van der Waals surface area contributed by atoms with Gasteiger partial charge in [-0.1, -0.05) is 88.4 Å². The number of aliphatic hydroxyl groups is 1. The van der Waals surface area contributed by atoms with Crippen molar-refractivity contribution >= 4 is 38.7 Å². The first kappa shape index (κ1) is 24.7. The quantitative estimate of drug-likeness (QED) is 0.272. The molecule has 2 aliphatic heterocycles. The summed E-state index contributed by atoms with van der Waals surface area (Å²) in [6.07, 6.45) is 3.87. The lowest BCUT2D eigenvalue weighted by Gasteiger charge is -2.32. The van der Waals surface area contributed by atoms with Gasteiger partial charge in [-0.25, -0.2) is 0 Å². The van der Waals surface area contributed by atoms with E-state index in [-0.39, 0.29) is 28.4 Å². The topological polar surface area (TPSA) is 43.8 Å². The molecule has 1 unspecified atom stereocenters. The van der Waals surface area contributed by atoms with Crippen LogP contribution in [0, 0.1) is 0 Å². The van der Waals surface area contributed by atoms with Gasteiger partial charge in [-0.15, -0.1) is 0 Å². The fraction of sp³-hybridized carbons (Fsp3) is 0.250. The average Bonchev–Trinajstić information content (AvgIpc) is 3.27. The van der Waals surface area contributed by atoms with Crippen LogP contribution in [0.3, 0.4) is 0 Å². The van der Waals surface area contributed by atoms with Crippen LogP contribution >= 0.6 is 0 Å². The third-order valence-electron chi connectivity index (χ3n) is 9.59. The van der Waals surface area contributed by atoms with Gasteiger partial charge in [0.1, 0.15) is 5.76 Å². The molecule has 0 bridgehead atoms. The van der Waals surface area contributed by atoms with Crippen LogP contribution in [0.15, 0.2) is 108 Å². The first-order valence-electron chi connectivity index (χ1n) is 14.0. The molecule has 1 N–H and O–H groups in total. The lowest BCUT2D eigenvalue weighted by Crippen LogP contribution is -2.39. The van der Waals surface area contributed by atoms with E-state index >= 15 is 0 Å². The maximum absolute atomic E-state index is 13.6. The number of likely N-dealkylation sites (N-methyl/N-ethyl adjacent to an activating group) is 2. The lowest BCUT2D eigenvalue weighted by molar-refractivity contribution is -0.113. The largest absolute Gasteiger partial charge is 0.506 e. The van der Waals surface area contributed by atoms with Crippen LogP contribution in [0.25, 0.3) is 21.5 Å². The summed E-state index contributed by atoms with van der Waals surface area (Å²) in [5, 5.41) is 16.1. The summed E-state index contributed by atoms with van der Waals surface area (Å²) in [6, 6.07) is 25.5. The maximum atomic E-state index is 13.6. The molecular weight excluding hydrogens is 492 g/mol. The molecule has 4 aromatic carbocycles. The summed E-state index contributed by atoms with van der Waals surface area (Å²) in [7, 11) is 4.12. The lowest BCUT2D eigenvalue weighted by atomic mass is 9.75. The number of hydrogen-bond donors (Lipinski definition) is 1. The standard InChI is InChI=1S/C36H34N2O2/c1-35(2)29(37(5)27-17-15-21-11-7-9-13-23(21)31(27)35)19-25-33(39)26(34(25)40)20-30-36(3,4)32-24-14-10-8-12-22(24)16-18-28(32)38(30)6/h7-20,29,39H,1-6H3. The molecule has 0 aromatic heterocycles. The van der Waals surface area contributed by atoms with E-state index in [0.29, 0.717) is 11.1 Å². The van der Waals surface area contributed by atoms with E-state index in [1.165, 1.54) is 38.4 Å². The molecule has 0 saturated heterocycles. The number of aliphatic hydroxyl groups excluding tert-OH is 1. The number of rotatable bonds is 2. The molecule has 7 rings (SSSR count). The number of carbonyl (C=O) groups excluding carboxylic acids is 1. The van der Waals surface area contributed by atoms with Crippen LogP contribution in [0.4, 0.5) is 11.4 Å². The van der Waals surface area contributed by atoms with Gasteiger partial charge in [0.25, 0.3) is 0 Å². The molecule has 0 amide bonds. The number of nitrogens with zero attached hydrogens (tertiary/aromatic N) is 2. The van der Waals surface area contributed by atoms with Gasteiger partial charge in [0.15, 0.2) is 5.78 Å². The van der Waals surface area contributed by atoms with Gasteiger partial charge in [-0.05, 0) is 57.0 Å². The second-order valence-electron chi connectivity index (χ2n) is 12.5. The molecular formula is C36H34N2O2. The van der Waals surface area contributed by atoms with E-state index in [9.17, 15) is 9.90 Å². The Balaban J connectivity index is 1.28. The van der Waals surface area contributed by atoms with Crippen molar-refractivity contribution in [3.8, 4) is 0 Å². The van der Waals surface area contributed by atoms with Gasteiger partial charge in [0.2, 0.25) is 0 Å². The van der Waals surface area contributed by atoms with Crippen LogP contribution in [0.2, 0.25) is 0 Å². The van der Waals surface area contributed by atoms with Crippen molar-refractivity contribution in [3.05, 3.63) is 119 Å². The molecule has 0 fully saturated rings. The van der Waals surface area contributed by atoms with Crippen LogP contribution in [-0.2, 0) is 15.6 Å². The van der Waals surface area contributed by atoms with E-state index in [2.05, 4.69) is 117 Å².